The number of amides is 1. The lowest BCUT2D eigenvalue weighted by Crippen LogP contribution is -2.14. The molecule has 0 saturated carbocycles. The van der Waals surface area contributed by atoms with Crippen molar-refractivity contribution >= 4 is 34.2 Å². The van der Waals surface area contributed by atoms with Crippen molar-refractivity contribution in [3.8, 4) is 5.75 Å². The Morgan fingerprint density at radius 2 is 2.05 bits per heavy atom. The van der Waals surface area contributed by atoms with Crippen molar-refractivity contribution < 1.29 is 9.53 Å². The van der Waals surface area contributed by atoms with Gasteiger partial charge in [0.25, 0.3) is 0 Å². The Morgan fingerprint density at radius 3 is 2.75 bits per heavy atom. The summed E-state index contributed by atoms with van der Waals surface area (Å²) < 4.78 is 6.29. The highest BCUT2D eigenvalue weighted by atomic mass is 127. The van der Waals surface area contributed by atoms with Crippen LogP contribution in [0, 0.1) is 10.5 Å². The fourth-order valence-corrected chi connectivity index (χ4v) is 2.36. The van der Waals surface area contributed by atoms with Gasteiger partial charge < -0.3 is 10.1 Å². The smallest absolute Gasteiger partial charge is 0.228 e. The van der Waals surface area contributed by atoms with Crippen LogP contribution in [0.2, 0.25) is 0 Å². The van der Waals surface area contributed by atoms with Crippen LogP contribution in [0.1, 0.15) is 11.1 Å². The van der Waals surface area contributed by atoms with Gasteiger partial charge in [0, 0.05) is 9.26 Å². The minimum absolute atomic E-state index is 0.0297. The first-order valence-corrected chi connectivity index (χ1v) is 7.35. The van der Waals surface area contributed by atoms with E-state index in [1.807, 2.05) is 49.4 Å². The molecule has 0 heterocycles. The summed E-state index contributed by atoms with van der Waals surface area (Å²) in [6.07, 6.45) is 0.335. The Morgan fingerprint density at radius 1 is 1.25 bits per heavy atom. The third kappa shape index (κ3) is 3.96. The van der Waals surface area contributed by atoms with Gasteiger partial charge in [-0.05, 0) is 64.9 Å². The summed E-state index contributed by atoms with van der Waals surface area (Å²) in [7, 11) is 1.62. The predicted molar refractivity (Wildman–Crippen MR) is 89.2 cm³/mol. The van der Waals surface area contributed by atoms with Gasteiger partial charge in [0.15, 0.2) is 0 Å². The van der Waals surface area contributed by atoms with Crippen molar-refractivity contribution in [3.05, 3.63) is 57.2 Å². The Labute approximate surface area is 132 Å². The number of hydrogen-bond donors (Lipinski definition) is 1. The van der Waals surface area contributed by atoms with Crippen molar-refractivity contribution in [3.63, 3.8) is 0 Å². The van der Waals surface area contributed by atoms with E-state index in [2.05, 4.69) is 27.9 Å². The topological polar surface area (TPSA) is 38.3 Å². The number of methoxy groups -OCH3 is 1. The zero-order valence-corrected chi connectivity index (χ0v) is 13.6. The molecular formula is C16H16INO2. The Balaban J connectivity index is 2.03. The average Bonchev–Trinajstić information content (AvgIpc) is 2.43. The fourth-order valence-electron chi connectivity index (χ4n) is 1.84. The molecule has 0 saturated heterocycles. The van der Waals surface area contributed by atoms with Crippen molar-refractivity contribution in [2.75, 3.05) is 12.4 Å². The van der Waals surface area contributed by atoms with E-state index in [-0.39, 0.29) is 5.91 Å². The van der Waals surface area contributed by atoms with E-state index in [9.17, 15) is 4.79 Å². The van der Waals surface area contributed by atoms with E-state index in [1.54, 1.807) is 7.11 Å². The first kappa shape index (κ1) is 14.8. The van der Waals surface area contributed by atoms with Gasteiger partial charge in [0.1, 0.15) is 5.75 Å². The molecule has 4 heteroatoms. The molecule has 0 atom stereocenters. The Bertz CT molecular complexity index is 626. The molecule has 1 amide bonds. The lowest BCUT2D eigenvalue weighted by Gasteiger charge is -2.08. The van der Waals surface area contributed by atoms with Crippen LogP contribution in [-0.2, 0) is 11.2 Å². The normalized spacial score (nSPS) is 10.2. The van der Waals surface area contributed by atoms with Crippen LogP contribution < -0.4 is 10.1 Å². The molecule has 0 fully saturated rings. The molecule has 20 heavy (non-hydrogen) atoms. The van der Waals surface area contributed by atoms with Gasteiger partial charge in [-0.15, -0.1) is 0 Å². The molecule has 3 nitrogen and oxygen atoms in total. The maximum atomic E-state index is 12.0. The molecule has 2 aromatic rings. The van der Waals surface area contributed by atoms with E-state index < -0.39 is 0 Å². The molecule has 0 spiro atoms. The number of hydrogen-bond acceptors (Lipinski definition) is 2. The van der Waals surface area contributed by atoms with E-state index in [0.717, 1.165) is 20.6 Å². The summed E-state index contributed by atoms with van der Waals surface area (Å²) in [5.41, 5.74) is 2.97. The van der Waals surface area contributed by atoms with Gasteiger partial charge in [0.2, 0.25) is 5.91 Å². The van der Waals surface area contributed by atoms with E-state index in [4.69, 9.17) is 4.74 Å². The van der Waals surface area contributed by atoms with Crippen LogP contribution in [0.4, 0.5) is 5.69 Å². The Hall–Kier alpha value is -1.56. The highest BCUT2D eigenvalue weighted by Crippen LogP contribution is 2.18. The number of ether oxygens (including phenoxy) is 1. The van der Waals surface area contributed by atoms with Crippen LogP contribution in [0.25, 0.3) is 0 Å². The molecule has 0 aromatic heterocycles. The third-order valence-corrected chi connectivity index (χ3v) is 4.12. The molecule has 1 N–H and O–H groups in total. The minimum atomic E-state index is -0.0297. The van der Waals surface area contributed by atoms with Crippen LogP contribution in [0.15, 0.2) is 42.5 Å². The quantitative estimate of drug-likeness (QED) is 0.819. The molecular weight excluding hydrogens is 365 g/mol. The van der Waals surface area contributed by atoms with Gasteiger partial charge in [0.05, 0.1) is 13.5 Å². The molecule has 0 aliphatic rings. The highest BCUT2D eigenvalue weighted by Gasteiger charge is 2.06. The second-order valence-corrected chi connectivity index (χ2v) is 5.70. The molecule has 0 bridgehead atoms. The van der Waals surface area contributed by atoms with Crippen LogP contribution in [0.5, 0.6) is 5.75 Å². The summed E-state index contributed by atoms with van der Waals surface area (Å²) in [5, 5.41) is 2.91. The first-order valence-electron chi connectivity index (χ1n) is 6.27. The standard InChI is InChI=1S/C16H16INO2/c1-11-6-7-13(10-15(11)17)18-16(19)9-12-4-3-5-14(8-12)20-2/h3-8,10H,9H2,1-2H3,(H,18,19). The van der Waals surface area contributed by atoms with Gasteiger partial charge in [-0.25, -0.2) is 0 Å². The number of carbonyl (C=O) groups is 1. The number of aryl methyl sites for hydroxylation is 1. The van der Waals surface area contributed by atoms with Crippen LogP contribution in [0.3, 0.4) is 0 Å². The number of halogens is 1. The zero-order chi connectivity index (χ0) is 14.5. The molecule has 2 rings (SSSR count). The van der Waals surface area contributed by atoms with E-state index >= 15 is 0 Å². The first-order chi connectivity index (χ1) is 9.58. The number of rotatable bonds is 4. The van der Waals surface area contributed by atoms with Crippen molar-refractivity contribution in [1.82, 2.24) is 0 Å². The van der Waals surface area contributed by atoms with Crippen molar-refractivity contribution in [2.45, 2.75) is 13.3 Å². The molecule has 0 unspecified atom stereocenters. The van der Waals surface area contributed by atoms with E-state index in [1.165, 1.54) is 5.56 Å². The largest absolute Gasteiger partial charge is 0.497 e. The molecule has 104 valence electrons. The van der Waals surface area contributed by atoms with Crippen LogP contribution in [-0.4, -0.2) is 13.0 Å². The van der Waals surface area contributed by atoms with Gasteiger partial charge in [-0.2, -0.15) is 0 Å². The number of anilines is 1. The number of carbonyl (C=O) groups excluding carboxylic acids is 1. The summed E-state index contributed by atoms with van der Waals surface area (Å²) in [4.78, 5) is 12.0. The van der Waals surface area contributed by atoms with Crippen LogP contribution >= 0.6 is 22.6 Å². The summed E-state index contributed by atoms with van der Waals surface area (Å²) in [5.74, 6) is 0.734. The summed E-state index contributed by atoms with van der Waals surface area (Å²) >= 11 is 2.26. The lowest BCUT2D eigenvalue weighted by molar-refractivity contribution is -0.115. The number of nitrogens with one attached hydrogen (secondary N) is 1. The summed E-state index contributed by atoms with van der Waals surface area (Å²) in [6.45, 7) is 2.05. The minimum Gasteiger partial charge on any atom is -0.497 e. The van der Waals surface area contributed by atoms with Gasteiger partial charge in [-0.3, -0.25) is 4.79 Å². The maximum absolute atomic E-state index is 12.0. The fraction of sp³-hybridized carbons (Fsp3) is 0.188. The van der Waals surface area contributed by atoms with Gasteiger partial charge in [-0.1, -0.05) is 18.2 Å². The highest BCUT2D eigenvalue weighted by molar-refractivity contribution is 14.1. The molecule has 0 aliphatic carbocycles. The maximum Gasteiger partial charge on any atom is 0.228 e. The molecule has 2 aromatic carbocycles. The second kappa shape index (κ2) is 6.74. The lowest BCUT2D eigenvalue weighted by atomic mass is 10.1. The number of benzene rings is 2. The second-order valence-electron chi connectivity index (χ2n) is 4.54. The predicted octanol–water partition coefficient (Wildman–Crippen LogP) is 3.79. The average molecular weight is 381 g/mol. The SMILES string of the molecule is COc1cccc(CC(=O)Nc2ccc(C)c(I)c2)c1. The molecule has 0 radical (unpaired) electrons. The third-order valence-electron chi connectivity index (χ3n) is 2.95. The monoisotopic (exact) mass is 381 g/mol. The van der Waals surface area contributed by atoms with Crippen molar-refractivity contribution in [2.24, 2.45) is 0 Å². The summed E-state index contributed by atoms with van der Waals surface area (Å²) in [6, 6.07) is 13.4. The Kier molecular flexibility index (Phi) is 5.00. The zero-order valence-electron chi connectivity index (χ0n) is 11.4. The van der Waals surface area contributed by atoms with E-state index in [0.29, 0.717) is 6.42 Å². The van der Waals surface area contributed by atoms with Crippen molar-refractivity contribution in [1.29, 1.82) is 0 Å². The van der Waals surface area contributed by atoms with Gasteiger partial charge >= 0.3 is 0 Å². The molecule has 0 aliphatic heterocycles.